The van der Waals surface area contributed by atoms with Gasteiger partial charge in [-0.15, -0.1) is 0 Å². The SMILES string of the molecule is N#CC[C@H](N)c1ccc(CO)o1. The van der Waals surface area contributed by atoms with Gasteiger partial charge in [-0.05, 0) is 12.1 Å². The van der Waals surface area contributed by atoms with Crippen LogP contribution in [0.5, 0.6) is 0 Å². The molecule has 3 N–H and O–H groups in total. The van der Waals surface area contributed by atoms with Crippen molar-refractivity contribution >= 4 is 0 Å². The summed E-state index contributed by atoms with van der Waals surface area (Å²) >= 11 is 0. The number of nitrogens with zero attached hydrogens (tertiary/aromatic N) is 1. The summed E-state index contributed by atoms with van der Waals surface area (Å²) in [5.41, 5.74) is 5.58. The monoisotopic (exact) mass is 166 g/mol. The summed E-state index contributed by atoms with van der Waals surface area (Å²) in [5, 5.41) is 17.0. The predicted molar refractivity (Wildman–Crippen MR) is 41.8 cm³/mol. The Hall–Kier alpha value is -1.31. The number of aliphatic hydroxyl groups excluding tert-OH is 1. The Kier molecular flexibility index (Phi) is 2.86. The standard InChI is InChI=1S/C8H10N2O2/c9-4-3-7(10)8-2-1-6(5-11)12-8/h1-2,7,11H,3,5,10H2/t7-/m0/s1. The highest BCUT2D eigenvalue weighted by molar-refractivity contribution is 5.10. The second-order valence-corrected chi connectivity index (χ2v) is 2.43. The first-order valence-corrected chi connectivity index (χ1v) is 3.60. The van der Waals surface area contributed by atoms with Crippen LogP contribution in [0.25, 0.3) is 0 Å². The summed E-state index contributed by atoms with van der Waals surface area (Å²) in [4.78, 5) is 0. The number of rotatable bonds is 3. The molecule has 0 aliphatic heterocycles. The minimum Gasteiger partial charge on any atom is -0.462 e. The topological polar surface area (TPSA) is 83.2 Å². The zero-order valence-corrected chi connectivity index (χ0v) is 6.53. The smallest absolute Gasteiger partial charge is 0.129 e. The molecule has 4 nitrogen and oxygen atoms in total. The van der Waals surface area contributed by atoms with E-state index in [1.807, 2.05) is 6.07 Å². The fourth-order valence-electron chi connectivity index (χ4n) is 0.878. The largest absolute Gasteiger partial charge is 0.462 e. The number of nitriles is 1. The molecular weight excluding hydrogens is 156 g/mol. The van der Waals surface area contributed by atoms with Gasteiger partial charge in [-0.3, -0.25) is 0 Å². The first-order valence-electron chi connectivity index (χ1n) is 3.60. The van der Waals surface area contributed by atoms with Crippen molar-refractivity contribution in [3.8, 4) is 6.07 Å². The van der Waals surface area contributed by atoms with Crippen LogP contribution < -0.4 is 5.73 Å². The van der Waals surface area contributed by atoms with E-state index in [4.69, 9.17) is 20.5 Å². The average Bonchev–Trinajstić information content (AvgIpc) is 2.52. The van der Waals surface area contributed by atoms with Crippen LogP contribution >= 0.6 is 0 Å². The minimum absolute atomic E-state index is 0.140. The molecule has 0 aliphatic rings. The molecule has 1 aromatic rings. The van der Waals surface area contributed by atoms with Crippen molar-refractivity contribution in [2.24, 2.45) is 5.73 Å². The quantitative estimate of drug-likeness (QED) is 0.691. The molecule has 0 aromatic carbocycles. The van der Waals surface area contributed by atoms with Crippen LogP contribution in [0.15, 0.2) is 16.5 Å². The molecule has 0 aliphatic carbocycles. The van der Waals surface area contributed by atoms with Crippen molar-refractivity contribution in [2.45, 2.75) is 19.1 Å². The van der Waals surface area contributed by atoms with E-state index in [0.717, 1.165) is 0 Å². The highest BCUT2D eigenvalue weighted by Crippen LogP contribution is 2.16. The molecule has 0 unspecified atom stereocenters. The number of hydrogen-bond acceptors (Lipinski definition) is 4. The van der Waals surface area contributed by atoms with Crippen molar-refractivity contribution in [2.75, 3.05) is 0 Å². The van der Waals surface area contributed by atoms with Gasteiger partial charge in [0.2, 0.25) is 0 Å². The van der Waals surface area contributed by atoms with E-state index in [1.54, 1.807) is 12.1 Å². The molecule has 0 radical (unpaired) electrons. The summed E-state index contributed by atoms with van der Waals surface area (Å²) in [6.07, 6.45) is 0.221. The van der Waals surface area contributed by atoms with Gasteiger partial charge < -0.3 is 15.3 Å². The number of aliphatic hydroxyl groups is 1. The molecule has 4 heteroatoms. The zero-order chi connectivity index (χ0) is 8.97. The highest BCUT2D eigenvalue weighted by Gasteiger charge is 2.09. The molecule has 1 heterocycles. The summed E-state index contributed by atoms with van der Waals surface area (Å²) in [6, 6.07) is 4.87. The predicted octanol–water partition coefficient (Wildman–Crippen LogP) is 0.685. The van der Waals surface area contributed by atoms with Crippen LogP contribution in [0.2, 0.25) is 0 Å². The number of hydrogen-bond donors (Lipinski definition) is 2. The van der Waals surface area contributed by atoms with Crippen LogP contribution in [0.4, 0.5) is 0 Å². The van der Waals surface area contributed by atoms with Crippen LogP contribution in [-0.4, -0.2) is 5.11 Å². The Labute approximate surface area is 70.2 Å². The maximum atomic E-state index is 8.66. The van der Waals surface area contributed by atoms with Crippen molar-refractivity contribution in [1.82, 2.24) is 0 Å². The second-order valence-electron chi connectivity index (χ2n) is 2.43. The molecule has 12 heavy (non-hydrogen) atoms. The van der Waals surface area contributed by atoms with Gasteiger partial charge in [0.1, 0.15) is 18.1 Å². The first-order chi connectivity index (χ1) is 5.77. The van der Waals surface area contributed by atoms with Gasteiger partial charge in [0.05, 0.1) is 18.5 Å². The van der Waals surface area contributed by atoms with Crippen LogP contribution in [0.3, 0.4) is 0 Å². The molecule has 64 valence electrons. The van der Waals surface area contributed by atoms with E-state index in [-0.39, 0.29) is 13.0 Å². The molecule has 0 amide bonds. The normalized spacial score (nSPS) is 12.4. The molecule has 0 saturated heterocycles. The van der Waals surface area contributed by atoms with Crippen LogP contribution in [-0.2, 0) is 6.61 Å². The molecule has 1 atom stereocenters. The van der Waals surface area contributed by atoms with Gasteiger partial charge in [0.15, 0.2) is 0 Å². The summed E-state index contributed by atoms with van der Waals surface area (Å²) < 4.78 is 5.12. The summed E-state index contributed by atoms with van der Waals surface area (Å²) in [5.74, 6) is 1.01. The van der Waals surface area contributed by atoms with Gasteiger partial charge >= 0.3 is 0 Å². The maximum Gasteiger partial charge on any atom is 0.129 e. The van der Waals surface area contributed by atoms with Crippen molar-refractivity contribution in [3.05, 3.63) is 23.7 Å². The fourth-order valence-corrected chi connectivity index (χ4v) is 0.878. The molecule has 0 fully saturated rings. The molecule has 0 saturated carbocycles. The molecule has 1 aromatic heterocycles. The Morgan fingerprint density at radius 2 is 2.42 bits per heavy atom. The van der Waals surface area contributed by atoms with Gasteiger partial charge in [0, 0.05) is 0 Å². The molecular formula is C8H10N2O2. The Morgan fingerprint density at radius 1 is 1.67 bits per heavy atom. The summed E-state index contributed by atoms with van der Waals surface area (Å²) in [7, 11) is 0. The lowest BCUT2D eigenvalue weighted by molar-refractivity contribution is 0.241. The lowest BCUT2D eigenvalue weighted by atomic mass is 10.2. The third kappa shape index (κ3) is 1.84. The molecule has 1 rings (SSSR count). The molecule has 0 bridgehead atoms. The van der Waals surface area contributed by atoms with Gasteiger partial charge in [-0.2, -0.15) is 5.26 Å². The zero-order valence-electron chi connectivity index (χ0n) is 6.53. The third-order valence-electron chi connectivity index (χ3n) is 1.51. The number of furan rings is 1. The van der Waals surface area contributed by atoms with Crippen molar-refractivity contribution in [3.63, 3.8) is 0 Å². The van der Waals surface area contributed by atoms with Crippen molar-refractivity contribution in [1.29, 1.82) is 5.26 Å². The van der Waals surface area contributed by atoms with E-state index in [1.165, 1.54) is 0 Å². The maximum absolute atomic E-state index is 8.66. The lowest BCUT2D eigenvalue weighted by Crippen LogP contribution is -2.07. The number of nitrogens with two attached hydrogens (primary N) is 1. The second kappa shape index (κ2) is 3.90. The highest BCUT2D eigenvalue weighted by atomic mass is 16.4. The molecule has 0 spiro atoms. The lowest BCUT2D eigenvalue weighted by Gasteiger charge is -2.01. The fraction of sp³-hybridized carbons (Fsp3) is 0.375. The van der Waals surface area contributed by atoms with E-state index >= 15 is 0 Å². The van der Waals surface area contributed by atoms with E-state index in [0.29, 0.717) is 11.5 Å². The van der Waals surface area contributed by atoms with Crippen LogP contribution in [0, 0.1) is 11.3 Å². The van der Waals surface area contributed by atoms with Crippen molar-refractivity contribution < 1.29 is 9.52 Å². The Morgan fingerprint density at radius 3 is 2.92 bits per heavy atom. The van der Waals surface area contributed by atoms with E-state index in [9.17, 15) is 0 Å². The van der Waals surface area contributed by atoms with Gasteiger partial charge in [0.25, 0.3) is 0 Å². The first kappa shape index (κ1) is 8.78. The minimum atomic E-state index is -0.393. The third-order valence-corrected chi connectivity index (χ3v) is 1.51. The van der Waals surface area contributed by atoms with Crippen LogP contribution in [0.1, 0.15) is 24.0 Å². The Balaban J connectivity index is 2.69. The average molecular weight is 166 g/mol. The van der Waals surface area contributed by atoms with E-state index in [2.05, 4.69) is 0 Å². The van der Waals surface area contributed by atoms with Gasteiger partial charge in [-0.1, -0.05) is 0 Å². The summed E-state index contributed by atoms with van der Waals surface area (Å²) in [6.45, 7) is -0.140. The van der Waals surface area contributed by atoms with E-state index < -0.39 is 6.04 Å². The Bertz CT molecular complexity index is 287. The van der Waals surface area contributed by atoms with Gasteiger partial charge in [-0.25, -0.2) is 0 Å².